The van der Waals surface area contributed by atoms with Crippen LogP contribution in [0.5, 0.6) is 5.75 Å². The van der Waals surface area contributed by atoms with Crippen molar-refractivity contribution in [2.24, 2.45) is 0 Å². The molecule has 3 rings (SSSR count). The first-order chi connectivity index (χ1) is 11.6. The topological polar surface area (TPSA) is 81.5 Å². The SMILES string of the molecule is CC.COc1ccccc1C1NC(=O)c2cc([N+](=O)[O-])ccc2S1. The van der Waals surface area contributed by atoms with Gasteiger partial charge in [0.15, 0.2) is 0 Å². The van der Waals surface area contributed by atoms with Crippen LogP contribution in [0.4, 0.5) is 5.69 Å². The quantitative estimate of drug-likeness (QED) is 0.666. The van der Waals surface area contributed by atoms with Crippen molar-refractivity contribution in [2.75, 3.05) is 7.11 Å². The monoisotopic (exact) mass is 346 g/mol. The Morgan fingerprint density at radius 1 is 1.21 bits per heavy atom. The summed E-state index contributed by atoms with van der Waals surface area (Å²) in [5, 5.41) is 13.4. The van der Waals surface area contributed by atoms with Crippen molar-refractivity contribution in [2.45, 2.75) is 24.1 Å². The standard InChI is InChI=1S/C15H12N2O4S.C2H6/c1-21-12-5-3-2-4-10(12)15-16-14(18)11-8-9(17(19)20)6-7-13(11)22-15;1-2/h2-8,15H,1H3,(H,16,18);1-2H3. The van der Waals surface area contributed by atoms with Gasteiger partial charge in [-0.3, -0.25) is 14.9 Å². The maximum absolute atomic E-state index is 12.3. The van der Waals surface area contributed by atoms with Gasteiger partial charge in [-0.05, 0) is 12.1 Å². The fourth-order valence-electron chi connectivity index (χ4n) is 2.29. The van der Waals surface area contributed by atoms with Crippen LogP contribution in [0, 0.1) is 10.1 Å². The molecule has 0 aliphatic carbocycles. The molecule has 24 heavy (non-hydrogen) atoms. The number of para-hydroxylation sites is 1. The summed E-state index contributed by atoms with van der Waals surface area (Å²) in [5.41, 5.74) is 1.09. The second kappa shape index (κ2) is 7.83. The van der Waals surface area contributed by atoms with Crippen LogP contribution in [0.3, 0.4) is 0 Å². The highest BCUT2D eigenvalue weighted by Crippen LogP contribution is 2.42. The normalized spacial score (nSPS) is 15.5. The average Bonchev–Trinajstić information content (AvgIpc) is 2.63. The number of thioether (sulfide) groups is 1. The summed E-state index contributed by atoms with van der Waals surface area (Å²) in [6.07, 6.45) is 0. The summed E-state index contributed by atoms with van der Waals surface area (Å²) in [5.74, 6) is 0.360. The minimum absolute atomic E-state index is 0.0924. The second-order valence-electron chi connectivity index (χ2n) is 4.65. The van der Waals surface area contributed by atoms with Crippen LogP contribution in [0.2, 0.25) is 0 Å². The summed E-state index contributed by atoms with van der Waals surface area (Å²) >= 11 is 1.43. The zero-order chi connectivity index (χ0) is 17.7. The Hall–Kier alpha value is -2.54. The number of hydrogen-bond acceptors (Lipinski definition) is 5. The zero-order valence-electron chi connectivity index (χ0n) is 13.6. The van der Waals surface area contributed by atoms with E-state index in [2.05, 4.69) is 5.32 Å². The van der Waals surface area contributed by atoms with E-state index in [1.54, 1.807) is 13.2 Å². The predicted molar refractivity (Wildman–Crippen MR) is 93.5 cm³/mol. The molecule has 1 heterocycles. The van der Waals surface area contributed by atoms with Gasteiger partial charge in [-0.1, -0.05) is 43.8 Å². The van der Waals surface area contributed by atoms with Crippen molar-refractivity contribution in [3.8, 4) is 5.75 Å². The van der Waals surface area contributed by atoms with Crippen molar-refractivity contribution in [1.29, 1.82) is 0 Å². The Balaban J connectivity index is 0.00000100. The predicted octanol–water partition coefficient (Wildman–Crippen LogP) is 4.16. The number of benzene rings is 2. The van der Waals surface area contributed by atoms with Crippen molar-refractivity contribution < 1.29 is 14.5 Å². The molecule has 7 heteroatoms. The molecule has 0 bridgehead atoms. The van der Waals surface area contributed by atoms with Gasteiger partial charge < -0.3 is 10.1 Å². The third-order valence-corrected chi connectivity index (χ3v) is 4.56. The van der Waals surface area contributed by atoms with E-state index < -0.39 is 4.92 Å². The molecule has 126 valence electrons. The molecule has 0 aromatic heterocycles. The number of methoxy groups -OCH3 is 1. The van der Waals surface area contributed by atoms with E-state index in [1.165, 1.54) is 23.9 Å². The number of non-ortho nitro benzene ring substituents is 1. The summed E-state index contributed by atoms with van der Waals surface area (Å²) in [6.45, 7) is 4.00. The number of fused-ring (bicyclic) bond motifs is 1. The van der Waals surface area contributed by atoms with Crippen LogP contribution in [0.1, 0.15) is 35.1 Å². The number of carbonyl (C=O) groups is 1. The molecule has 1 atom stereocenters. The molecule has 1 amide bonds. The lowest BCUT2D eigenvalue weighted by Gasteiger charge is -2.26. The first kappa shape index (κ1) is 17.8. The average molecular weight is 346 g/mol. The van der Waals surface area contributed by atoms with Gasteiger partial charge in [0.2, 0.25) is 0 Å². The molecule has 1 aliphatic rings. The Morgan fingerprint density at radius 2 is 1.92 bits per heavy atom. The molecule has 0 fully saturated rings. The van der Waals surface area contributed by atoms with Crippen LogP contribution >= 0.6 is 11.8 Å². The van der Waals surface area contributed by atoms with E-state index in [4.69, 9.17) is 4.74 Å². The van der Waals surface area contributed by atoms with Gasteiger partial charge in [0.05, 0.1) is 17.6 Å². The number of hydrogen-bond donors (Lipinski definition) is 1. The molecule has 2 aromatic carbocycles. The minimum atomic E-state index is -0.509. The molecule has 2 aromatic rings. The summed E-state index contributed by atoms with van der Waals surface area (Å²) in [6, 6.07) is 11.8. The highest BCUT2D eigenvalue weighted by molar-refractivity contribution is 7.99. The largest absolute Gasteiger partial charge is 0.496 e. The Morgan fingerprint density at radius 3 is 2.58 bits per heavy atom. The number of nitrogens with one attached hydrogen (secondary N) is 1. The van der Waals surface area contributed by atoms with Crippen molar-refractivity contribution >= 4 is 23.4 Å². The highest BCUT2D eigenvalue weighted by Gasteiger charge is 2.29. The van der Waals surface area contributed by atoms with Crippen LogP contribution < -0.4 is 10.1 Å². The number of amides is 1. The van der Waals surface area contributed by atoms with E-state index in [9.17, 15) is 14.9 Å². The maximum atomic E-state index is 12.3. The van der Waals surface area contributed by atoms with Gasteiger partial charge in [0, 0.05) is 22.6 Å². The Labute approximate surface area is 144 Å². The number of ether oxygens (including phenoxy) is 1. The molecule has 0 spiro atoms. The molecular weight excluding hydrogens is 328 g/mol. The summed E-state index contributed by atoms with van der Waals surface area (Å²) in [4.78, 5) is 23.3. The van der Waals surface area contributed by atoms with Gasteiger partial charge in [-0.25, -0.2) is 0 Å². The van der Waals surface area contributed by atoms with Crippen LogP contribution in [0.25, 0.3) is 0 Å². The van der Waals surface area contributed by atoms with E-state index >= 15 is 0 Å². The van der Waals surface area contributed by atoms with Crippen LogP contribution in [-0.2, 0) is 0 Å². The van der Waals surface area contributed by atoms with E-state index in [0.717, 1.165) is 5.56 Å². The molecule has 0 saturated heterocycles. The Kier molecular flexibility index (Phi) is 5.81. The van der Waals surface area contributed by atoms with E-state index in [0.29, 0.717) is 16.2 Å². The van der Waals surface area contributed by atoms with Crippen molar-refractivity contribution in [3.05, 3.63) is 63.7 Å². The first-order valence-electron chi connectivity index (χ1n) is 7.49. The van der Waals surface area contributed by atoms with Gasteiger partial charge in [-0.2, -0.15) is 0 Å². The lowest BCUT2D eigenvalue weighted by atomic mass is 10.1. The van der Waals surface area contributed by atoms with Gasteiger partial charge in [-0.15, -0.1) is 0 Å². The van der Waals surface area contributed by atoms with Gasteiger partial charge in [0.1, 0.15) is 11.1 Å². The number of rotatable bonds is 3. The molecule has 6 nitrogen and oxygen atoms in total. The lowest BCUT2D eigenvalue weighted by Crippen LogP contribution is -2.31. The fraction of sp³-hybridized carbons (Fsp3) is 0.235. The fourth-order valence-corrected chi connectivity index (χ4v) is 3.46. The number of nitrogens with zero attached hydrogens (tertiary/aromatic N) is 1. The van der Waals surface area contributed by atoms with E-state index in [-0.39, 0.29) is 17.0 Å². The third-order valence-electron chi connectivity index (χ3n) is 3.35. The van der Waals surface area contributed by atoms with Gasteiger partial charge >= 0.3 is 0 Å². The minimum Gasteiger partial charge on any atom is -0.496 e. The van der Waals surface area contributed by atoms with E-state index in [1.807, 2.05) is 38.1 Å². The smallest absolute Gasteiger partial charge is 0.270 e. The van der Waals surface area contributed by atoms with Crippen molar-refractivity contribution in [1.82, 2.24) is 5.32 Å². The van der Waals surface area contributed by atoms with Gasteiger partial charge in [0.25, 0.3) is 11.6 Å². The molecule has 0 saturated carbocycles. The Bertz CT molecular complexity index is 764. The molecule has 1 unspecified atom stereocenters. The maximum Gasteiger partial charge on any atom is 0.270 e. The van der Waals surface area contributed by atoms with Crippen molar-refractivity contribution in [3.63, 3.8) is 0 Å². The van der Waals surface area contributed by atoms with Crippen LogP contribution in [-0.4, -0.2) is 17.9 Å². The lowest BCUT2D eigenvalue weighted by molar-refractivity contribution is -0.384. The zero-order valence-corrected chi connectivity index (χ0v) is 14.4. The summed E-state index contributed by atoms with van der Waals surface area (Å²) in [7, 11) is 1.57. The van der Waals surface area contributed by atoms with Crippen LogP contribution in [0.15, 0.2) is 47.4 Å². The number of carbonyl (C=O) groups excluding carboxylic acids is 1. The number of nitro groups is 1. The molecular formula is C17H18N2O4S. The summed E-state index contributed by atoms with van der Waals surface area (Å²) < 4.78 is 5.32. The molecule has 1 aliphatic heterocycles. The number of nitro benzene ring substituents is 1. The second-order valence-corrected chi connectivity index (χ2v) is 5.80. The molecule has 0 radical (unpaired) electrons. The first-order valence-corrected chi connectivity index (χ1v) is 8.37. The highest BCUT2D eigenvalue weighted by atomic mass is 32.2. The molecule has 1 N–H and O–H groups in total. The third kappa shape index (κ3) is 3.51.